The van der Waals surface area contributed by atoms with Crippen LogP contribution in [-0.2, 0) is 28.5 Å². The van der Waals surface area contributed by atoms with E-state index in [4.69, 9.17) is 35.8 Å². The van der Waals surface area contributed by atoms with Gasteiger partial charge < -0.3 is 50.3 Å². The lowest BCUT2D eigenvalue weighted by molar-refractivity contribution is -0.359. The number of hydrogen-bond acceptors (Lipinski definition) is 11. The first kappa shape index (κ1) is 41.0. The van der Waals surface area contributed by atoms with Gasteiger partial charge in [0.25, 0.3) is 0 Å². The van der Waals surface area contributed by atoms with Gasteiger partial charge in [-0.15, -0.1) is 6.42 Å². The Morgan fingerprint density at radius 3 is 2.35 bits per heavy atom. The van der Waals surface area contributed by atoms with Crippen LogP contribution >= 0.6 is 0 Å². The topological polar surface area (TPSA) is 212 Å². The fourth-order valence-corrected chi connectivity index (χ4v) is 6.99. The fraction of sp³-hybridized carbons (Fsp3) is 0.818. The normalized spacial score (nSPS) is 37.6. The Morgan fingerprint density at radius 1 is 1.12 bits per heavy atom. The van der Waals surface area contributed by atoms with E-state index in [0.717, 1.165) is 0 Å². The number of cyclic esters (lactones) is 1. The van der Waals surface area contributed by atoms with Crippen molar-refractivity contribution in [1.29, 1.82) is 0 Å². The predicted molar refractivity (Wildman–Crippen MR) is 177 cm³/mol. The van der Waals surface area contributed by atoms with Gasteiger partial charge in [0.1, 0.15) is 24.4 Å². The van der Waals surface area contributed by atoms with Crippen LogP contribution in [0.5, 0.6) is 0 Å². The minimum atomic E-state index is -1.64. The van der Waals surface area contributed by atoms with E-state index in [1.54, 1.807) is 48.5 Å². The number of guanidine groups is 1. The molecule has 3 amide bonds. The maximum absolute atomic E-state index is 13.8. The maximum Gasteiger partial charge on any atom is 0.407 e. The number of nitrogens with zero attached hydrogens (tertiary/aromatic N) is 1. The Bertz CT molecular complexity index is 1190. The van der Waals surface area contributed by atoms with Crippen LogP contribution in [0.1, 0.15) is 75.2 Å². The first-order chi connectivity index (χ1) is 22.2. The molecule has 7 N–H and O–H groups in total. The SMILES string of the molecule is C#CCOC1C(C)C(OC(=O)NCCN=C(N)NC(=O)NC)C(C)C(=O)OC(CC)C(C)(O)C2OC(C)(C)OC(C(C)CC1(C)O)C2C. The van der Waals surface area contributed by atoms with E-state index >= 15 is 0 Å². The van der Waals surface area contributed by atoms with Crippen LogP contribution < -0.4 is 21.7 Å². The van der Waals surface area contributed by atoms with E-state index in [-0.39, 0.29) is 50.3 Å². The van der Waals surface area contributed by atoms with Crippen LogP contribution in [0.25, 0.3) is 0 Å². The third kappa shape index (κ3) is 10.4. The van der Waals surface area contributed by atoms with Gasteiger partial charge in [-0.25, -0.2) is 9.59 Å². The Balaban J connectivity index is 2.51. The van der Waals surface area contributed by atoms with E-state index in [0.29, 0.717) is 0 Å². The molecule has 2 aliphatic rings. The van der Waals surface area contributed by atoms with Gasteiger partial charge >= 0.3 is 18.1 Å². The van der Waals surface area contributed by atoms with Crippen molar-refractivity contribution in [2.24, 2.45) is 34.4 Å². The highest BCUT2D eigenvalue weighted by Gasteiger charge is 2.55. The highest BCUT2D eigenvalue weighted by atomic mass is 16.7. The molecule has 11 atom stereocenters. The summed E-state index contributed by atoms with van der Waals surface area (Å²) in [6.45, 7) is 15.4. The van der Waals surface area contributed by atoms with Crippen molar-refractivity contribution >= 4 is 24.1 Å². The number of amides is 3. The number of ether oxygens (including phenoxy) is 5. The van der Waals surface area contributed by atoms with Crippen molar-refractivity contribution in [3.05, 3.63) is 0 Å². The Morgan fingerprint density at radius 2 is 1.77 bits per heavy atom. The molecule has 0 spiro atoms. The molecular formula is C33H57N5O10. The average Bonchev–Trinajstić information content (AvgIpc) is 3.00. The number of rotatable bonds is 7. The van der Waals surface area contributed by atoms with E-state index in [2.05, 4.69) is 26.9 Å². The standard InChI is InChI=1S/C33H57N5O10/c1-12-16-44-25-20(5)24(46-30(41)37-15-14-36-28(34)38-29(40)35-11)21(6)27(39)45-22(13-2)33(10,43)26-19(4)23(47-31(7,8)48-26)18(3)17-32(25,9)42/h1,18-26,42-43H,13-17H2,2-11H3,(H,37,41)(H4,34,35,36,38,40). The van der Waals surface area contributed by atoms with Crippen molar-refractivity contribution in [1.82, 2.24) is 16.0 Å². The fourth-order valence-electron chi connectivity index (χ4n) is 6.99. The van der Waals surface area contributed by atoms with Crippen LogP contribution in [0.15, 0.2) is 4.99 Å². The summed E-state index contributed by atoms with van der Waals surface area (Å²) in [5, 5.41) is 31.2. The summed E-state index contributed by atoms with van der Waals surface area (Å²) in [5.74, 6) is -2.06. The number of urea groups is 1. The Labute approximate surface area is 284 Å². The highest BCUT2D eigenvalue weighted by molar-refractivity contribution is 5.95. The molecule has 274 valence electrons. The van der Waals surface area contributed by atoms with Gasteiger partial charge in [0.05, 0.1) is 36.4 Å². The van der Waals surface area contributed by atoms with Crippen molar-refractivity contribution in [2.45, 2.75) is 123 Å². The molecule has 0 aromatic carbocycles. The lowest BCUT2D eigenvalue weighted by Gasteiger charge is -2.53. The molecule has 2 heterocycles. The monoisotopic (exact) mass is 683 g/mol. The van der Waals surface area contributed by atoms with Gasteiger partial charge in [-0.2, -0.15) is 0 Å². The number of aliphatic hydroxyl groups is 2. The molecule has 2 bridgehead atoms. The van der Waals surface area contributed by atoms with Gasteiger partial charge in [0.2, 0.25) is 0 Å². The number of hydrogen-bond donors (Lipinski definition) is 6. The number of fused-ring (bicyclic) bond motifs is 2. The average molecular weight is 684 g/mol. The molecule has 15 heteroatoms. The second kappa shape index (κ2) is 17.0. The molecule has 11 unspecified atom stereocenters. The number of nitrogens with one attached hydrogen (secondary N) is 3. The van der Waals surface area contributed by atoms with Crippen LogP contribution in [-0.4, -0.2) is 109 Å². The van der Waals surface area contributed by atoms with Crippen molar-refractivity contribution in [3.8, 4) is 12.3 Å². The zero-order valence-corrected chi connectivity index (χ0v) is 30.0. The molecule has 15 nitrogen and oxygen atoms in total. The van der Waals surface area contributed by atoms with Gasteiger partial charge in [0.15, 0.2) is 11.7 Å². The zero-order valence-electron chi connectivity index (χ0n) is 30.0. The van der Waals surface area contributed by atoms with Crippen molar-refractivity contribution in [2.75, 3.05) is 26.7 Å². The summed E-state index contributed by atoms with van der Waals surface area (Å²) in [4.78, 5) is 42.3. The molecule has 2 fully saturated rings. The molecule has 2 saturated heterocycles. The molecule has 0 aromatic heterocycles. The maximum atomic E-state index is 13.8. The zero-order chi connectivity index (χ0) is 36.6. The van der Waals surface area contributed by atoms with Crippen molar-refractivity contribution < 1.29 is 48.3 Å². The van der Waals surface area contributed by atoms with Gasteiger partial charge in [-0.05, 0) is 53.4 Å². The molecule has 0 saturated carbocycles. The number of esters is 1. The first-order valence-corrected chi connectivity index (χ1v) is 16.5. The summed E-state index contributed by atoms with van der Waals surface area (Å²) in [6.07, 6.45) is 0.657. The number of carbonyl (C=O) groups is 3. The molecule has 2 aliphatic heterocycles. The van der Waals surface area contributed by atoms with Gasteiger partial charge in [-0.1, -0.05) is 33.6 Å². The van der Waals surface area contributed by atoms with Gasteiger partial charge in [0, 0.05) is 25.4 Å². The summed E-state index contributed by atoms with van der Waals surface area (Å²) in [5.41, 5.74) is 2.46. The lowest BCUT2D eigenvalue weighted by Crippen LogP contribution is -2.64. The Kier molecular flexibility index (Phi) is 14.5. The van der Waals surface area contributed by atoms with E-state index in [1.165, 1.54) is 7.05 Å². The number of alkyl carbamates (subject to hydrolysis) is 1. The van der Waals surface area contributed by atoms with Crippen LogP contribution in [0, 0.1) is 36.0 Å². The van der Waals surface area contributed by atoms with Crippen molar-refractivity contribution in [3.63, 3.8) is 0 Å². The second-order valence-electron chi connectivity index (χ2n) is 13.8. The smallest absolute Gasteiger partial charge is 0.407 e. The van der Waals surface area contributed by atoms with E-state index in [9.17, 15) is 24.6 Å². The Hall–Kier alpha value is -3.16. The first-order valence-electron chi connectivity index (χ1n) is 16.5. The molecule has 0 aliphatic carbocycles. The number of terminal acetylenes is 1. The summed E-state index contributed by atoms with van der Waals surface area (Å²) < 4.78 is 30.5. The molecule has 0 radical (unpaired) electrons. The summed E-state index contributed by atoms with van der Waals surface area (Å²) >= 11 is 0. The van der Waals surface area contributed by atoms with Crippen LogP contribution in [0.3, 0.4) is 0 Å². The molecule has 0 aromatic rings. The molecular weight excluding hydrogens is 626 g/mol. The van der Waals surface area contributed by atoms with E-state index < -0.39 is 77.4 Å². The third-order valence-electron chi connectivity index (χ3n) is 9.17. The quantitative estimate of drug-likeness (QED) is 0.0746. The third-order valence-corrected chi connectivity index (χ3v) is 9.17. The highest BCUT2D eigenvalue weighted by Crippen LogP contribution is 2.44. The molecule has 48 heavy (non-hydrogen) atoms. The minimum absolute atomic E-state index is 0.0121. The largest absolute Gasteiger partial charge is 0.459 e. The van der Waals surface area contributed by atoms with Gasteiger partial charge in [-0.3, -0.25) is 15.1 Å². The van der Waals surface area contributed by atoms with Crippen LogP contribution in [0.2, 0.25) is 0 Å². The number of carbonyl (C=O) groups excluding carboxylic acids is 3. The second-order valence-corrected chi connectivity index (χ2v) is 13.8. The molecule has 2 rings (SSSR count). The number of nitrogens with two attached hydrogens (primary N) is 1. The van der Waals surface area contributed by atoms with Crippen LogP contribution in [0.4, 0.5) is 9.59 Å². The summed E-state index contributed by atoms with van der Waals surface area (Å²) in [7, 11) is 1.42. The lowest BCUT2D eigenvalue weighted by atomic mass is 9.72. The summed E-state index contributed by atoms with van der Waals surface area (Å²) in [6, 6.07) is -0.548. The predicted octanol–water partition coefficient (Wildman–Crippen LogP) is 1.64. The van der Waals surface area contributed by atoms with E-state index in [1.807, 2.05) is 13.8 Å². The minimum Gasteiger partial charge on any atom is -0.459 e. The number of aliphatic imine (C=N–C) groups is 1.